The highest BCUT2D eigenvalue weighted by molar-refractivity contribution is 5.79. The van der Waals surface area contributed by atoms with Crippen LogP contribution in [0.15, 0.2) is 35.8 Å². The molecule has 0 aliphatic rings. The van der Waals surface area contributed by atoms with Gasteiger partial charge >= 0.3 is 0 Å². The average molecular weight is 319 g/mol. The largest absolute Gasteiger partial charge is 0.508 e. The van der Waals surface area contributed by atoms with E-state index in [9.17, 15) is 5.11 Å². The molecule has 0 spiro atoms. The van der Waals surface area contributed by atoms with E-state index in [4.69, 9.17) is 4.74 Å². The van der Waals surface area contributed by atoms with Crippen LogP contribution in [0, 0.1) is 0 Å². The third kappa shape index (κ3) is 6.63. The van der Waals surface area contributed by atoms with Crippen molar-refractivity contribution in [2.75, 3.05) is 27.7 Å². The predicted molar refractivity (Wildman–Crippen MR) is 96.2 cm³/mol. The van der Waals surface area contributed by atoms with Gasteiger partial charge in [0.15, 0.2) is 5.96 Å². The Labute approximate surface area is 139 Å². The molecule has 0 radical (unpaired) electrons. The number of guanidine groups is 1. The van der Waals surface area contributed by atoms with E-state index in [0.29, 0.717) is 6.54 Å². The van der Waals surface area contributed by atoms with E-state index < -0.39 is 0 Å². The Hall–Kier alpha value is -2.17. The van der Waals surface area contributed by atoms with Gasteiger partial charge in [0.2, 0.25) is 0 Å². The van der Waals surface area contributed by atoms with Crippen LogP contribution in [0.2, 0.25) is 0 Å². The van der Waals surface area contributed by atoms with Gasteiger partial charge in [0.25, 0.3) is 0 Å². The topological polar surface area (TPSA) is 57.1 Å². The van der Waals surface area contributed by atoms with E-state index in [1.165, 1.54) is 12.8 Å². The van der Waals surface area contributed by atoms with E-state index >= 15 is 0 Å². The molecule has 0 atom stereocenters. The third-order valence-electron chi connectivity index (χ3n) is 3.70. The molecule has 0 aromatic heterocycles. The second kappa shape index (κ2) is 10.5. The molecule has 1 rings (SSSR count). The van der Waals surface area contributed by atoms with Crippen LogP contribution >= 0.6 is 0 Å². The minimum Gasteiger partial charge on any atom is -0.508 e. The molecule has 1 aromatic rings. The first-order valence-corrected chi connectivity index (χ1v) is 8.01. The van der Waals surface area contributed by atoms with Crippen molar-refractivity contribution in [3.8, 4) is 11.5 Å². The lowest BCUT2D eigenvalue weighted by molar-refractivity contribution is 0.410. The summed E-state index contributed by atoms with van der Waals surface area (Å²) in [6.07, 6.45) is 6.52. The van der Waals surface area contributed by atoms with Crippen molar-refractivity contribution < 1.29 is 9.84 Å². The lowest BCUT2D eigenvalue weighted by Gasteiger charge is -2.22. The molecule has 128 valence electrons. The summed E-state index contributed by atoms with van der Waals surface area (Å²) >= 11 is 0. The number of unbranched alkanes of at least 4 members (excludes halogenated alkanes) is 3. The molecule has 0 saturated carbocycles. The Morgan fingerprint density at radius 3 is 2.83 bits per heavy atom. The van der Waals surface area contributed by atoms with E-state index in [1.54, 1.807) is 26.3 Å². The number of nitrogens with one attached hydrogen (secondary N) is 1. The van der Waals surface area contributed by atoms with Gasteiger partial charge in [-0.25, -0.2) is 0 Å². The molecule has 0 aliphatic heterocycles. The Balaban J connectivity index is 2.48. The van der Waals surface area contributed by atoms with Crippen LogP contribution in [0.1, 0.15) is 31.2 Å². The van der Waals surface area contributed by atoms with Crippen LogP contribution in [0.5, 0.6) is 11.5 Å². The Morgan fingerprint density at radius 2 is 2.17 bits per heavy atom. The summed E-state index contributed by atoms with van der Waals surface area (Å²) in [5, 5.41) is 13.2. The zero-order valence-electron chi connectivity index (χ0n) is 14.5. The van der Waals surface area contributed by atoms with Crippen molar-refractivity contribution >= 4 is 5.96 Å². The molecule has 0 heterocycles. The van der Waals surface area contributed by atoms with Gasteiger partial charge in [0.05, 0.1) is 7.11 Å². The lowest BCUT2D eigenvalue weighted by Crippen LogP contribution is -2.39. The standard InChI is InChI=1S/C18H29N3O2/c1-5-6-7-8-9-12-21(3)18(19-2)20-14-15-13-16(23-4)10-11-17(15)22/h5,10-11,13,22H,1,6-9,12,14H2,2-4H3,(H,19,20). The number of rotatable bonds is 9. The van der Waals surface area contributed by atoms with Crippen molar-refractivity contribution in [3.63, 3.8) is 0 Å². The second-order valence-electron chi connectivity index (χ2n) is 5.45. The Kier molecular flexibility index (Phi) is 8.65. The predicted octanol–water partition coefficient (Wildman–Crippen LogP) is 3.15. The average Bonchev–Trinajstić information content (AvgIpc) is 2.56. The number of allylic oxidation sites excluding steroid dienone is 1. The number of hydrogen-bond acceptors (Lipinski definition) is 3. The maximum atomic E-state index is 9.92. The smallest absolute Gasteiger partial charge is 0.193 e. The summed E-state index contributed by atoms with van der Waals surface area (Å²) in [4.78, 5) is 6.40. The third-order valence-corrected chi connectivity index (χ3v) is 3.70. The van der Waals surface area contributed by atoms with Gasteiger partial charge in [0.1, 0.15) is 11.5 Å². The fourth-order valence-electron chi connectivity index (χ4n) is 2.31. The van der Waals surface area contributed by atoms with Crippen LogP contribution in [0.3, 0.4) is 0 Å². The van der Waals surface area contributed by atoms with Crippen molar-refractivity contribution in [3.05, 3.63) is 36.4 Å². The van der Waals surface area contributed by atoms with Gasteiger partial charge in [-0.1, -0.05) is 12.5 Å². The highest BCUT2D eigenvalue weighted by Crippen LogP contribution is 2.22. The number of phenols is 1. The fourth-order valence-corrected chi connectivity index (χ4v) is 2.31. The highest BCUT2D eigenvalue weighted by atomic mass is 16.5. The van der Waals surface area contributed by atoms with Gasteiger partial charge < -0.3 is 20.1 Å². The van der Waals surface area contributed by atoms with E-state index in [1.807, 2.05) is 19.2 Å². The van der Waals surface area contributed by atoms with Crippen molar-refractivity contribution in [1.29, 1.82) is 0 Å². The summed E-state index contributed by atoms with van der Waals surface area (Å²) in [7, 11) is 5.40. The van der Waals surface area contributed by atoms with E-state index in [2.05, 4.69) is 21.8 Å². The van der Waals surface area contributed by atoms with Crippen LogP contribution < -0.4 is 10.1 Å². The summed E-state index contributed by atoms with van der Waals surface area (Å²) < 4.78 is 5.19. The number of benzene rings is 1. The molecular weight excluding hydrogens is 290 g/mol. The molecule has 5 heteroatoms. The Bertz CT molecular complexity index is 515. The van der Waals surface area contributed by atoms with Crippen LogP contribution in [-0.4, -0.2) is 43.7 Å². The van der Waals surface area contributed by atoms with E-state index in [-0.39, 0.29) is 5.75 Å². The number of nitrogens with zero attached hydrogens (tertiary/aromatic N) is 2. The number of phenolic OH excluding ortho intramolecular Hbond substituents is 1. The minimum absolute atomic E-state index is 0.251. The van der Waals surface area contributed by atoms with E-state index in [0.717, 1.165) is 36.7 Å². The fraction of sp³-hybridized carbons (Fsp3) is 0.500. The van der Waals surface area contributed by atoms with Gasteiger partial charge in [-0.2, -0.15) is 0 Å². The second-order valence-corrected chi connectivity index (χ2v) is 5.45. The molecule has 2 N–H and O–H groups in total. The normalized spacial score (nSPS) is 11.2. The van der Waals surface area contributed by atoms with Crippen molar-refractivity contribution in [2.45, 2.75) is 32.2 Å². The summed E-state index contributed by atoms with van der Waals surface area (Å²) in [5.41, 5.74) is 0.782. The van der Waals surface area contributed by atoms with Gasteiger partial charge in [-0.3, -0.25) is 4.99 Å². The molecule has 0 unspecified atom stereocenters. The van der Waals surface area contributed by atoms with Crippen LogP contribution in [0.25, 0.3) is 0 Å². The summed E-state index contributed by atoms with van der Waals surface area (Å²) in [6.45, 7) is 5.18. The zero-order valence-corrected chi connectivity index (χ0v) is 14.5. The maximum Gasteiger partial charge on any atom is 0.193 e. The SMILES string of the molecule is C=CCCCCCN(C)C(=NC)NCc1cc(OC)ccc1O. The molecule has 0 bridgehead atoms. The molecule has 5 nitrogen and oxygen atoms in total. The van der Waals surface area contributed by atoms with Gasteiger partial charge in [0, 0.05) is 32.7 Å². The summed E-state index contributed by atoms with van der Waals surface area (Å²) in [5.74, 6) is 1.79. The monoisotopic (exact) mass is 319 g/mol. The molecular formula is C18H29N3O2. The van der Waals surface area contributed by atoms with Gasteiger partial charge in [-0.15, -0.1) is 6.58 Å². The molecule has 23 heavy (non-hydrogen) atoms. The number of hydrogen-bond donors (Lipinski definition) is 2. The van der Waals surface area contributed by atoms with Crippen molar-refractivity contribution in [2.24, 2.45) is 4.99 Å². The molecule has 0 saturated heterocycles. The number of aliphatic imine (C=N–C) groups is 1. The molecule has 0 fully saturated rings. The minimum atomic E-state index is 0.251. The zero-order chi connectivity index (χ0) is 17.1. The number of ether oxygens (including phenoxy) is 1. The quantitative estimate of drug-likeness (QED) is 0.318. The first kappa shape index (κ1) is 18.9. The molecule has 0 amide bonds. The van der Waals surface area contributed by atoms with Crippen molar-refractivity contribution in [1.82, 2.24) is 10.2 Å². The lowest BCUT2D eigenvalue weighted by atomic mass is 10.2. The molecule has 1 aromatic carbocycles. The summed E-state index contributed by atoms with van der Waals surface area (Å²) in [6, 6.07) is 5.20. The molecule has 0 aliphatic carbocycles. The highest BCUT2D eigenvalue weighted by Gasteiger charge is 2.08. The van der Waals surface area contributed by atoms with Crippen LogP contribution in [-0.2, 0) is 6.54 Å². The number of methoxy groups -OCH3 is 1. The maximum absolute atomic E-state index is 9.92. The first-order valence-electron chi connectivity index (χ1n) is 8.01. The van der Waals surface area contributed by atoms with Gasteiger partial charge in [-0.05, 0) is 37.5 Å². The first-order chi connectivity index (χ1) is 11.1. The Morgan fingerprint density at radius 1 is 1.39 bits per heavy atom. The number of aromatic hydroxyl groups is 1. The van der Waals surface area contributed by atoms with Crippen LogP contribution in [0.4, 0.5) is 0 Å².